The van der Waals surface area contributed by atoms with Crippen molar-refractivity contribution in [2.45, 2.75) is 25.8 Å². The number of carboxylic acid groups (broad SMARTS) is 1. The highest BCUT2D eigenvalue weighted by Gasteiger charge is 2.27. The number of likely N-dealkylation sites (N-methyl/N-ethyl adjacent to an activating group) is 1. The zero-order chi connectivity index (χ0) is 15.4. The van der Waals surface area contributed by atoms with Gasteiger partial charge in [-0.2, -0.15) is 0 Å². The van der Waals surface area contributed by atoms with Crippen molar-refractivity contribution in [3.8, 4) is 0 Å². The molecule has 1 amide bonds. The maximum absolute atomic E-state index is 12.6. The van der Waals surface area contributed by atoms with E-state index in [0.717, 1.165) is 32.5 Å². The fourth-order valence-corrected chi connectivity index (χ4v) is 2.67. The fourth-order valence-electron chi connectivity index (χ4n) is 2.67. The number of hydrogen-bond acceptors (Lipinski definition) is 4. The van der Waals surface area contributed by atoms with Gasteiger partial charge in [0.1, 0.15) is 5.69 Å². The van der Waals surface area contributed by atoms with Crippen LogP contribution in [0.25, 0.3) is 0 Å². The molecule has 1 N–H and O–H groups in total. The van der Waals surface area contributed by atoms with Crippen LogP contribution in [0.15, 0.2) is 18.3 Å². The molecule has 1 aromatic heterocycles. The molecule has 1 atom stereocenters. The van der Waals surface area contributed by atoms with Gasteiger partial charge < -0.3 is 14.9 Å². The van der Waals surface area contributed by atoms with Crippen LogP contribution in [0, 0.1) is 0 Å². The van der Waals surface area contributed by atoms with Crippen LogP contribution in [-0.2, 0) is 0 Å². The van der Waals surface area contributed by atoms with E-state index in [-0.39, 0.29) is 17.6 Å². The third kappa shape index (κ3) is 3.58. The molecule has 2 heterocycles. The molecule has 1 saturated heterocycles. The highest BCUT2D eigenvalue weighted by atomic mass is 16.4. The Labute approximate surface area is 124 Å². The van der Waals surface area contributed by atoms with E-state index < -0.39 is 5.97 Å². The molecule has 0 aliphatic carbocycles. The smallest absolute Gasteiger partial charge is 0.354 e. The maximum Gasteiger partial charge on any atom is 0.354 e. The Balaban J connectivity index is 2.18. The molecule has 1 aliphatic rings. The summed E-state index contributed by atoms with van der Waals surface area (Å²) in [5.41, 5.74) is 0.400. The Hall–Kier alpha value is -1.95. The second-order valence-corrected chi connectivity index (χ2v) is 5.41. The van der Waals surface area contributed by atoms with Gasteiger partial charge in [0.05, 0.1) is 5.56 Å². The van der Waals surface area contributed by atoms with Gasteiger partial charge in [-0.15, -0.1) is 0 Å². The zero-order valence-electron chi connectivity index (χ0n) is 12.5. The van der Waals surface area contributed by atoms with Crippen molar-refractivity contribution in [3.05, 3.63) is 29.6 Å². The minimum atomic E-state index is -1.09. The molecule has 1 unspecified atom stereocenters. The molecule has 6 nitrogen and oxygen atoms in total. The Bertz CT molecular complexity index is 515. The molecule has 1 aromatic rings. The first-order valence-corrected chi connectivity index (χ1v) is 7.21. The lowest BCUT2D eigenvalue weighted by Crippen LogP contribution is -2.43. The minimum absolute atomic E-state index is 0.0470. The second kappa shape index (κ2) is 6.67. The van der Waals surface area contributed by atoms with Gasteiger partial charge in [-0.05, 0) is 38.6 Å². The van der Waals surface area contributed by atoms with Gasteiger partial charge in [0.15, 0.2) is 0 Å². The number of amides is 1. The van der Waals surface area contributed by atoms with E-state index in [1.807, 2.05) is 4.90 Å². The van der Waals surface area contributed by atoms with Crippen molar-refractivity contribution in [1.29, 1.82) is 0 Å². The van der Waals surface area contributed by atoms with Crippen LogP contribution in [0.4, 0.5) is 0 Å². The molecular weight excluding hydrogens is 270 g/mol. The monoisotopic (exact) mass is 291 g/mol. The van der Waals surface area contributed by atoms with E-state index in [0.29, 0.717) is 5.56 Å². The summed E-state index contributed by atoms with van der Waals surface area (Å²) in [5.74, 6) is -1.15. The van der Waals surface area contributed by atoms with Crippen molar-refractivity contribution >= 4 is 11.9 Å². The lowest BCUT2D eigenvalue weighted by molar-refractivity contribution is 0.0665. The van der Waals surface area contributed by atoms with Crippen molar-refractivity contribution in [3.63, 3.8) is 0 Å². The average molecular weight is 291 g/mol. The summed E-state index contributed by atoms with van der Waals surface area (Å²) in [6.07, 6.45) is 3.20. The molecule has 0 radical (unpaired) electrons. The van der Waals surface area contributed by atoms with Crippen molar-refractivity contribution < 1.29 is 14.7 Å². The van der Waals surface area contributed by atoms with E-state index in [1.165, 1.54) is 12.3 Å². The number of aromatic nitrogens is 1. The molecule has 0 saturated carbocycles. The highest BCUT2D eigenvalue weighted by molar-refractivity contribution is 5.95. The summed E-state index contributed by atoms with van der Waals surface area (Å²) in [5, 5.41) is 8.85. The first kappa shape index (κ1) is 15.4. The molecule has 1 aliphatic heterocycles. The van der Waals surface area contributed by atoms with E-state index in [9.17, 15) is 9.59 Å². The Morgan fingerprint density at radius 2 is 2.14 bits per heavy atom. The lowest BCUT2D eigenvalue weighted by Gasteiger charge is -2.30. The predicted molar refractivity (Wildman–Crippen MR) is 78.4 cm³/mol. The number of aromatic carboxylic acids is 1. The van der Waals surface area contributed by atoms with E-state index in [2.05, 4.69) is 23.9 Å². The third-order valence-electron chi connectivity index (χ3n) is 3.86. The van der Waals surface area contributed by atoms with Crippen molar-refractivity contribution in [2.75, 3.05) is 26.7 Å². The molecular formula is C15H21N3O3. The SMILES string of the molecule is CCC1CN(C)CCCN1C(=O)c1ccc(C(=O)O)nc1. The quantitative estimate of drug-likeness (QED) is 0.909. The highest BCUT2D eigenvalue weighted by Crippen LogP contribution is 2.15. The molecule has 2 rings (SSSR count). The normalized spacial score (nSPS) is 20.1. The van der Waals surface area contributed by atoms with Gasteiger partial charge in [-0.3, -0.25) is 4.79 Å². The van der Waals surface area contributed by atoms with E-state index in [1.54, 1.807) is 6.07 Å². The maximum atomic E-state index is 12.6. The van der Waals surface area contributed by atoms with Gasteiger partial charge in [0.2, 0.25) is 0 Å². The third-order valence-corrected chi connectivity index (χ3v) is 3.86. The fraction of sp³-hybridized carbons (Fsp3) is 0.533. The molecule has 1 fully saturated rings. The van der Waals surface area contributed by atoms with Gasteiger partial charge in [-0.25, -0.2) is 9.78 Å². The number of carbonyl (C=O) groups is 2. The van der Waals surface area contributed by atoms with E-state index in [4.69, 9.17) is 5.11 Å². The average Bonchev–Trinajstić information content (AvgIpc) is 2.67. The first-order chi connectivity index (χ1) is 10.0. The number of nitrogens with zero attached hydrogens (tertiary/aromatic N) is 3. The number of carboxylic acids is 1. The summed E-state index contributed by atoms with van der Waals surface area (Å²) in [7, 11) is 2.07. The zero-order valence-corrected chi connectivity index (χ0v) is 12.5. The van der Waals surface area contributed by atoms with Crippen LogP contribution in [0.2, 0.25) is 0 Å². The van der Waals surface area contributed by atoms with Crippen LogP contribution in [0.1, 0.15) is 40.6 Å². The Kier molecular flexibility index (Phi) is 4.90. The summed E-state index contributed by atoms with van der Waals surface area (Å²) < 4.78 is 0. The molecule has 21 heavy (non-hydrogen) atoms. The molecule has 6 heteroatoms. The summed E-state index contributed by atoms with van der Waals surface area (Å²) in [6.45, 7) is 4.65. The van der Waals surface area contributed by atoms with Crippen LogP contribution in [0.3, 0.4) is 0 Å². The molecule has 114 valence electrons. The summed E-state index contributed by atoms with van der Waals surface area (Å²) in [4.78, 5) is 31.4. The number of hydrogen-bond donors (Lipinski definition) is 1. The van der Waals surface area contributed by atoms with Crippen LogP contribution >= 0.6 is 0 Å². The van der Waals surface area contributed by atoms with Gasteiger partial charge in [-0.1, -0.05) is 6.92 Å². The summed E-state index contributed by atoms with van der Waals surface area (Å²) in [6, 6.07) is 3.10. The van der Waals surface area contributed by atoms with Crippen molar-refractivity contribution in [1.82, 2.24) is 14.8 Å². The van der Waals surface area contributed by atoms with Crippen LogP contribution in [0.5, 0.6) is 0 Å². The molecule has 0 spiro atoms. The van der Waals surface area contributed by atoms with Gasteiger partial charge in [0, 0.05) is 25.3 Å². The first-order valence-electron chi connectivity index (χ1n) is 7.21. The number of carbonyl (C=O) groups excluding carboxylic acids is 1. The topological polar surface area (TPSA) is 73.7 Å². The minimum Gasteiger partial charge on any atom is -0.477 e. The summed E-state index contributed by atoms with van der Waals surface area (Å²) >= 11 is 0. The Morgan fingerprint density at radius 1 is 1.38 bits per heavy atom. The lowest BCUT2D eigenvalue weighted by atomic mass is 10.1. The van der Waals surface area contributed by atoms with E-state index >= 15 is 0 Å². The predicted octanol–water partition coefficient (Wildman–Crippen LogP) is 1.34. The van der Waals surface area contributed by atoms with Crippen LogP contribution < -0.4 is 0 Å². The second-order valence-electron chi connectivity index (χ2n) is 5.41. The molecule has 0 aromatic carbocycles. The van der Waals surface area contributed by atoms with Gasteiger partial charge in [0.25, 0.3) is 5.91 Å². The largest absolute Gasteiger partial charge is 0.477 e. The number of rotatable bonds is 3. The Morgan fingerprint density at radius 3 is 2.71 bits per heavy atom. The molecule has 0 bridgehead atoms. The van der Waals surface area contributed by atoms with Crippen molar-refractivity contribution in [2.24, 2.45) is 0 Å². The van der Waals surface area contributed by atoms with Crippen LogP contribution in [-0.4, -0.2) is 64.5 Å². The standard InChI is InChI=1S/C15H21N3O3/c1-3-12-10-17(2)7-4-8-18(12)14(19)11-5-6-13(15(20)21)16-9-11/h5-6,9,12H,3-4,7-8,10H2,1-2H3,(H,20,21). The van der Waals surface area contributed by atoms with Gasteiger partial charge >= 0.3 is 5.97 Å². The number of pyridine rings is 1.